The second-order valence-corrected chi connectivity index (χ2v) is 9.32. The Balaban J connectivity index is 0.00000208. The van der Waals surface area contributed by atoms with E-state index in [4.69, 9.17) is 0 Å². The van der Waals surface area contributed by atoms with E-state index < -0.39 is 7.92 Å². The molecule has 0 fully saturated rings. The molecule has 0 radical (unpaired) electrons. The minimum absolute atomic E-state index is 0. The van der Waals surface area contributed by atoms with Crippen LogP contribution in [0.2, 0.25) is 0 Å². The van der Waals surface area contributed by atoms with Gasteiger partial charge in [-0.15, -0.1) is 5.56 Å². The molecule has 0 nitrogen and oxygen atoms in total. The average molecular weight is 326 g/mol. The molecule has 2 heteroatoms. The fourth-order valence-corrected chi connectivity index (χ4v) is 6.36. The van der Waals surface area contributed by atoms with Crippen molar-refractivity contribution in [3.8, 4) is 0 Å². The molecule has 118 valence electrons. The Morgan fingerprint density at radius 1 is 0.708 bits per heavy atom. The molecule has 3 aromatic rings. The van der Waals surface area contributed by atoms with Crippen molar-refractivity contribution in [1.29, 1.82) is 0 Å². The van der Waals surface area contributed by atoms with E-state index in [1.54, 1.807) is 0 Å². The van der Waals surface area contributed by atoms with Gasteiger partial charge in [0.05, 0.1) is 0 Å². The number of rotatable bonds is 4. The molecule has 0 aromatic heterocycles. The van der Waals surface area contributed by atoms with E-state index in [1.165, 1.54) is 16.2 Å². The van der Waals surface area contributed by atoms with Gasteiger partial charge in [-0.2, -0.15) is 12.1 Å². The van der Waals surface area contributed by atoms with Gasteiger partial charge in [-0.05, 0) is 29.6 Å². The van der Waals surface area contributed by atoms with Gasteiger partial charge in [0, 0.05) is 0 Å². The molecule has 3 rings (SSSR count). The molecule has 1 unspecified atom stereocenters. The average Bonchev–Trinajstić information content (AvgIpc) is 3.06. The topological polar surface area (TPSA) is 0 Å². The summed E-state index contributed by atoms with van der Waals surface area (Å²) in [6.07, 6.45) is 0. The Hall–Kier alpha value is -1.18. The first-order chi connectivity index (χ1) is 11.1. The summed E-state index contributed by atoms with van der Waals surface area (Å²) >= 11 is 0. The predicted octanol–water partition coefficient (Wildman–Crippen LogP) is 2.63. The predicted molar refractivity (Wildman–Crippen MR) is 103 cm³/mol. The molecular formula is C22H24LiP. The van der Waals surface area contributed by atoms with Gasteiger partial charge in [-0.25, -0.2) is 12.1 Å². The van der Waals surface area contributed by atoms with Gasteiger partial charge in [-0.1, -0.05) is 81.4 Å². The van der Waals surface area contributed by atoms with Crippen LogP contribution >= 0.6 is 7.92 Å². The Bertz CT molecular complexity index is 672. The Morgan fingerprint density at radius 3 is 1.50 bits per heavy atom. The van der Waals surface area contributed by atoms with Gasteiger partial charge in [0.1, 0.15) is 0 Å². The molecule has 0 N–H and O–H groups in total. The van der Waals surface area contributed by atoms with Crippen molar-refractivity contribution in [3.63, 3.8) is 0 Å². The molecular weight excluding hydrogens is 302 g/mol. The van der Waals surface area contributed by atoms with Crippen LogP contribution in [0.1, 0.15) is 32.0 Å². The van der Waals surface area contributed by atoms with Crippen molar-refractivity contribution in [2.24, 2.45) is 5.41 Å². The first kappa shape index (κ1) is 19.1. The van der Waals surface area contributed by atoms with Crippen molar-refractivity contribution >= 4 is 18.5 Å². The van der Waals surface area contributed by atoms with Crippen LogP contribution in [0, 0.1) is 5.41 Å². The fourth-order valence-electron chi connectivity index (χ4n) is 3.23. The SMILES string of the molecule is CC(C)(C)C([c-]1cccc1)P(c1ccccc1)c1ccccc1.[Li+]. The molecule has 0 bridgehead atoms. The number of benzene rings is 2. The largest absolute Gasteiger partial charge is 1.00 e. The summed E-state index contributed by atoms with van der Waals surface area (Å²) in [6.45, 7) is 7.10. The van der Waals surface area contributed by atoms with E-state index in [-0.39, 0.29) is 24.3 Å². The first-order valence-corrected chi connectivity index (χ1v) is 9.59. The first-order valence-electron chi connectivity index (χ1n) is 8.18. The molecule has 0 spiro atoms. The van der Waals surface area contributed by atoms with Gasteiger partial charge in [0.25, 0.3) is 0 Å². The van der Waals surface area contributed by atoms with Gasteiger partial charge >= 0.3 is 18.9 Å². The summed E-state index contributed by atoms with van der Waals surface area (Å²) in [6, 6.07) is 30.9. The summed E-state index contributed by atoms with van der Waals surface area (Å²) in [5, 5.41) is 2.91. The number of hydrogen-bond acceptors (Lipinski definition) is 0. The quantitative estimate of drug-likeness (QED) is 0.393. The molecule has 24 heavy (non-hydrogen) atoms. The van der Waals surface area contributed by atoms with Crippen molar-refractivity contribution in [2.75, 3.05) is 0 Å². The molecule has 0 saturated carbocycles. The summed E-state index contributed by atoms with van der Waals surface area (Å²) in [4.78, 5) is 0. The van der Waals surface area contributed by atoms with E-state index in [2.05, 4.69) is 106 Å². The molecule has 0 aliphatic carbocycles. The maximum absolute atomic E-state index is 2.37. The van der Waals surface area contributed by atoms with Gasteiger partial charge in [-0.3, -0.25) is 0 Å². The number of hydrogen-bond donors (Lipinski definition) is 0. The molecule has 3 aromatic carbocycles. The van der Waals surface area contributed by atoms with Crippen LogP contribution in [0.5, 0.6) is 0 Å². The molecule has 0 amide bonds. The van der Waals surface area contributed by atoms with E-state index in [1.807, 2.05) is 0 Å². The van der Waals surface area contributed by atoms with Gasteiger partial charge in [0.15, 0.2) is 0 Å². The third-order valence-corrected chi connectivity index (χ3v) is 7.45. The maximum Gasteiger partial charge on any atom is 1.00 e. The maximum atomic E-state index is 2.37. The monoisotopic (exact) mass is 326 g/mol. The van der Waals surface area contributed by atoms with E-state index in [0.717, 1.165) is 0 Å². The van der Waals surface area contributed by atoms with Crippen molar-refractivity contribution in [3.05, 3.63) is 90.5 Å². The molecule has 0 heterocycles. The standard InChI is InChI=1S/C22H24P.Li/c1-22(2,3)21(18-12-10-11-13-18)23(19-14-6-4-7-15-19)20-16-8-5-9-17-20;/h4-17,21H,1-3H3;/q-1;+1. The van der Waals surface area contributed by atoms with Crippen molar-refractivity contribution in [1.82, 2.24) is 0 Å². The summed E-state index contributed by atoms with van der Waals surface area (Å²) in [7, 11) is -0.453. The van der Waals surface area contributed by atoms with Crippen LogP contribution in [-0.4, -0.2) is 0 Å². The zero-order valence-electron chi connectivity index (χ0n) is 15.1. The fraction of sp³-hybridized carbons (Fsp3) is 0.227. The van der Waals surface area contributed by atoms with E-state index >= 15 is 0 Å². The van der Waals surface area contributed by atoms with Gasteiger partial charge in [0.2, 0.25) is 0 Å². The van der Waals surface area contributed by atoms with Crippen LogP contribution in [-0.2, 0) is 0 Å². The minimum atomic E-state index is -0.453. The Morgan fingerprint density at radius 2 is 1.12 bits per heavy atom. The molecule has 1 atom stereocenters. The van der Waals surface area contributed by atoms with Crippen LogP contribution in [0.4, 0.5) is 0 Å². The smallest absolute Gasteiger partial charge is 0.213 e. The zero-order chi connectivity index (χ0) is 16.3. The zero-order valence-corrected chi connectivity index (χ0v) is 16.0. The normalized spacial score (nSPS) is 12.7. The summed E-state index contributed by atoms with van der Waals surface area (Å²) in [5.41, 5.74) is 2.15. The van der Waals surface area contributed by atoms with Crippen molar-refractivity contribution < 1.29 is 18.9 Å². The second-order valence-electron chi connectivity index (χ2n) is 7.03. The third-order valence-electron chi connectivity index (χ3n) is 4.15. The van der Waals surface area contributed by atoms with Crippen LogP contribution in [0.25, 0.3) is 0 Å². The Labute approximate surface area is 159 Å². The molecule has 0 aliphatic heterocycles. The van der Waals surface area contributed by atoms with E-state index in [9.17, 15) is 0 Å². The van der Waals surface area contributed by atoms with E-state index in [0.29, 0.717) is 5.66 Å². The van der Waals surface area contributed by atoms with Crippen LogP contribution in [0.15, 0.2) is 84.9 Å². The summed E-state index contributed by atoms with van der Waals surface area (Å²) in [5.74, 6) is 0. The minimum Gasteiger partial charge on any atom is -0.213 e. The third kappa shape index (κ3) is 4.26. The van der Waals surface area contributed by atoms with Crippen LogP contribution < -0.4 is 29.5 Å². The second kappa shape index (κ2) is 8.27. The summed E-state index contributed by atoms with van der Waals surface area (Å²) < 4.78 is 0. The molecule has 0 saturated heterocycles. The van der Waals surface area contributed by atoms with Crippen molar-refractivity contribution in [2.45, 2.75) is 26.4 Å². The van der Waals surface area contributed by atoms with Gasteiger partial charge < -0.3 is 0 Å². The Kier molecular flexibility index (Phi) is 6.60. The molecule has 0 aliphatic rings. The van der Waals surface area contributed by atoms with Crippen LogP contribution in [0.3, 0.4) is 0 Å².